The molecule has 0 amide bonds. The fraction of sp³-hybridized carbons (Fsp3) is 0.471. The summed E-state index contributed by atoms with van der Waals surface area (Å²) in [6.07, 6.45) is 6.41. The second-order valence-corrected chi connectivity index (χ2v) is 5.83. The minimum Gasteiger partial charge on any atom is -0.383 e. The van der Waals surface area contributed by atoms with Gasteiger partial charge in [-0.15, -0.1) is 0 Å². The summed E-state index contributed by atoms with van der Waals surface area (Å²) in [4.78, 5) is 0. The molecule has 21 heavy (non-hydrogen) atoms. The van der Waals surface area contributed by atoms with E-state index in [4.69, 9.17) is 4.74 Å². The Hall–Kier alpha value is -1.65. The Bertz CT molecular complexity index is 563. The molecule has 1 heterocycles. The van der Waals surface area contributed by atoms with Gasteiger partial charge >= 0.3 is 0 Å². The number of hydrogen-bond acceptors (Lipinski definition) is 3. The van der Waals surface area contributed by atoms with Gasteiger partial charge in [0.15, 0.2) is 0 Å². The molecule has 1 saturated carbocycles. The van der Waals surface area contributed by atoms with E-state index in [2.05, 4.69) is 41.6 Å². The van der Waals surface area contributed by atoms with Crippen molar-refractivity contribution in [2.24, 2.45) is 5.92 Å². The molecule has 0 saturated heterocycles. The number of nitrogens with zero attached hydrogens (tertiary/aromatic N) is 2. The number of aromatic nitrogens is 2. The van der Waals surface area contributed by atoms with Gasteiger partial charge in [0, 0.05) is 31.6 Å². The maximum absolute atomic E-state index is 5.35. The molecule has 1 N–H and O–H groups in total. The van der Waals surface area contributed by atoms with Crippen LogP contribution in [0, 0.1) is 5.92 Å². The SMILES string of the molecule is COC[C@H](N[C@H](C)c1cccc(-n2cccn2)c1)C1CC1. The molecule has 0 unspecified atom stereocenters. The lowest BCUT2D eigenvalue weighted by Gasteiger charge is -2.23. The van der Waals surface area contributed by atoms with Crippen LogP contribution in [-0.2, 0) is 4.74 Å². The molecular formula is C17H23N3O. The first-order chi connectivity index (χ1) is 10.3. The third-order valence-corrected chi connectivity index (χ3v) is 4.14. The summed E-state index contributed by atoms with van der Waals surface area (Å²) in [6, 6.07) is 11.2. The predicted octanol–water partition coefficient (Wildman–Crippen LogP) is 2.95. The van der Waals surface area contributed by atoms with Gasteiger partial charge in [0.25, 0.3) is 0 Å². The highest BCUT2D eigenvalue weighted by molar-refractivity contribution is 5.36. The highest BCUT2D eigenvalue weighted by atomic mass is 16.5. The largest absolute Gasteiger partial charge is 0.383 e. The van der Waals surface area contributed by atoms with Gasteiger partial charge in [-0.1, -0.05) is 12.1 Å². The third kappa shape index (κ3) is 3.52. The maximum atomic E-state index is 5.35. The second kappa shape index (κ2) is 6.41. The van der Waals surface area contributed by atoms with Gasteiger partial charge in [-0.05, 0) is 49.4 Å². The predicted molar refractivity (Wildman–Crippen MR) is 83.5 cm³/mol. The van der Waals surface area contributed by atoms with Crippen LogP contribution in [0.25, 0.3) is 5.69 Å². The number of nitrogens with one attached hydrogen (secondary N) is 1. The summed E-state index contributed by atoms with van der Waals surface area (Å²) in [7, 11) is 1.78. The topological polar surface area (TPSA) is 39.1 Å². The van der Waals surface area contributed by atoms with Crippen molar-refractivity contribution < 1.29 is 4.74 Å². The van der Waals surface area contributed by atoms with E-state index in [9.17, 15) is 0 Å². The number of benzene rings is 1. The van der Waals surface area contributed by atoms with Crippen LogP contribution in [0.1, 0.15) is 31.4 Å². The highest BCUT2D eigenvalue weighted by Gasteiger charge is 2.31. The molecule has 4 nitrogen and oxygen atoms in total. The Kier molecular flexibility index (Phi) is 4.36. The molecule has 0 aliphatic heterocycles. The molecule has 1 aliphatic rings. The number of hydrogen-bond donors (Lipinski definition) is 1. The Morgan fingerprint density at radius 2 is 2.24 bits per heavy atom. The first-order valence-corrected chi connectivity index (χ1v) is 7.63. The Labute approximate surface area is 126 Å². The molecule has 0 bridgehead atoms. The van der Waals surface area contributed by atoms with Crippen molar-refractivity contribution in [1.29, 1.82) is 0 Å². The molecular weight excluding hydrogens is 262 g/mol. The standard InChI is InChI=1S/C17H23N3O/c1-13(19-17(12-21-2)14-7-8-14)15-5-3-6-16(11-15)20-10-4-9-18-20/h3-6,9-11,13-14,17,19H,7-8,12H2,1-2H3/t13-,17+/m1/s1. The number of methoxy groups -OCH3 is 1. The maximum Gasteiger partial charge on any atom is 0.0648 e. The van der Waals surface area contributed by atoms with E-state index in [0.29, 0.717) is 12.1 Å². The van der Waals surface area contributed by atoms with Crippen LogP contribution in [-0.4, -0.2) is 29.5 Å². The van der Waals surface area contributed by atoms with Crippen molar-refractivity contribution in [3.8, 4) is 5.69 Å². The highest BCUT2D eigenvalue weighted by Crippen LogP contribution is 2.34. The van der Waals surface area contributed by atoms with E-state index in [1.807, 2.05) is 16.9 Å². The Morgan fingerprint density at radius 1 is 1.38 bits per heavy atom. The van der Waals surface area contributed by atoms with Crippen LogP contribution in [0.3, 0.4) is 0 Å². The molecule has 2 aromatic rings. The van der Waals surface area contributed by atoms with Crippen molar-refractivity contribution in [2.75, 3.05) is 13.7 Å². The average Bonchev–Trinajstić information content (AvgIpc) is 3.21. The minimum atomic E-state index is 0.307. The summed E-state index contributed by atoms with van der Waals surface area (Å²) in [6.45, 7) is 3.00. The fourth-order valence-electron chi connectivity index (χ4n) is 2.77. The van der Waals surface area contributed by atoms with Crippen molar-refractivity contribution in [3.05, 3.63) is 48.3 Å². The molecule has 1 aromatic carbocycles. The minimum absolute atomic E-state index is 0.307. The normalized spacial score (nSPS) is 17.6. The van der Waals surface area contributed by atoms with Crippen molar-refractivity contribution >= 4 is 0 Å². The van der Waals surface area contributed by atoms with Crippen molar-refractivity contribution in [1.82, 2.24) is 15.1 Å². The van der Waals surface area contributed by atoms with Crippen LogP contribution in [0.4, 0.5) is 0 Å². The van der Waals surface area contributed by atoms with Crippen LogP contribution < -0.4 is 5.32 Å². The second-order valence-electron chi connectivity index (χ2n) is 5.83. The molecule has 0 radical (unpaired) electrons. The number of rotatable bonds is 7. The molecule has 1 aliphatic carbocycles. The van der Waals surface area contributed by atoms with Crippen LogP contribution >= 0.6 is 0 Å². The van der Waals surface area contributed by atoms with Gasteiger partial charge in [0.2, 0.25) is 0 Å². The lowest BCUT2D eigenvalue weighted by atomic mass is 10.1. The van der Waals surface area contributed by atoms with Gasteiger partial charge < -0.3 is 10.1 Å². The first kappa shape index (κ1) is 14.3. The third-order valence-electron chi connectivity index (χ3n) is 4.14. The summed E-state index contributed by atoms with van der Waals surface area (Å²) in [5.41, 5.74) is 2.38. The summed E-state index contributed by atoms with van der Waals surface area (Å²) in [5, 5.41) is 8.01. The smallest absolute Gasteiger partial charge is 0.0648 e. The van der Waals surface area contributed by atoms with Gasteiger partial charge in [0.05, 0.1) is 12.3 Å². The van der Waals surface area contributed by atoms with Gasteiger partial charge in [-0.2, -0.15) is 5.10 Å². The molecule has 1 fully saturated rings. The summed E-state index contributed by atoms with van der Waals surface area (Å²) in [5.74, 6) is 0.779. The van der Waals surface area contributed by atoms with Gasteiger partial charge in [0.1, 0.15) is 0 Å². The summed E-state index contributed by atoms with van der Waals surface area (Å²) < 4.78 is 7.24. The zero-order chi connectivity index (χ0) is 14.7. The first-order valence-electron chi connectivity index (χ1n) is 7.63. The van der Waals surface area contributed by atoms with Gasteiger partial charge in [-0.3, -0.25) is 0 Å². The van der Waals surface area contributed by atoms with E-state index in [0.717, 1.165) is 18.2 Å². The van der Waals surface area contributed by atoms with E-state index < -0.39 is 0 Å². The molecule has 3 rings (SSSR count). The monoisotopic (exact) mass is 285 g/mol. The van der Waals surface area contributed by atoms with Crippen LogP contribution in [0.15, 0.2) is 42.7 Å². The Balaban J connectivity index is 1.72. The van der Waals surface area contributed by atoms with E-state index in [1.165, 1.54) is 18.4 Å². The van der Waals surface area contributed by atoms with Crippen LogP contribution in [0.2, 0.25) is 0 Å². The summed E-state index contributed by atoms with van der Waals surface area (Å²) >= 11 is 0. The zero-order valence-corrected chi connectivity index (χ0v) is 12.7. The molecule has 1 aromatic heterocycles. The molecule has 0 spiro atoms. The molecule has 112 valence electrons. The fourth-order valence-corrected chi connectivity index (χ4v) is 2.77. The number of ether oxygens (including phenoxy) is 1. The van der Waals surface area contributed by atoms with Gasteiger partial charge in [-0.25, -0.2) is 4.68 Å². The molecule has 2 atom stereocenters. The van der Waals surface area contributed by atoms with Crippen molar-refractivity contribution in [3.63, 3.8) is 0 Å². The molecule has 4 heteroatoms. The van der Waals surface area contributed by atoms with Crippen LogP contribution in [0.5, 0.6) is 0 Å². The zero-order valence-electron chi connectivity index (χ0n) is 12.7. The quantitative estimate of drug-likeness (QED) is 0.850. The van der Waals surface area contributed by atoms with E-state index in [1.54, 1.807) is 13.3 Å². The average molecular weight is 285 g/mol. The van der Waals surface area contributed by atoms with E-state index in [-0.39, 0.29) is 0 Å². The Morgan fingerprint density at radius 3 is 2.90 bits per heavy atom. The lowest BCUT2D eigenvalue weighted by Crippen LogP contribution is -2.37. The van der Waals surface area contributed by atoms with Crippen molar-refractivity contribution in [2.45, 2.75) is 31.8 Å². The lowest BCUT2D eigenvalue weighted by molar-refractivity contribution is 0.152. The van der Waals surface area contributed by atoms with E-state index >= 15 is 0 Å².